The summed E-state index contributed by atoms with van der Waals surface area (Å²) in [5, 5.41) is 2.95. The zero-order valence-corrected chi connectivity index (χ0v) is 14.2. The molecule has 4 rings (SSSR count). The molecule has 2 aliphatic heterocycles. The Kier molecular flexibility index (Phi) is 4.48. The van der Waals surface area contributed by atoms with Crippen LogP contribution in [0.3, 0.4) is 0 Å². The van der Waals surface area contributed by atoms with Crippen LogP contribution in [0.1, 0.15) is 0 Å². The van der Waals surface area contributed by atoms with Crippen molar-refractivity contribution in [1.82, 2.24) is 9.88 Å². The van der Waals surface area contributed by atoms with Crippen LogP contribution in [0.4, 0.5) is 16.5 Å². The Labute approximate surface area is 144 Å². The van der Waals surface area contributed by atoms with E-state index in [1.807, 2.05) is 34.9 Å². The minimum atomic E-state index is -0.0532. The number of anilines is 2. The maximum atomic E-state index is 12.3. The smallest absolute Gasteiger partial charge is 0.321 e. The number of carbonyl (C=O) groups is 1. The average Bonchev–Trinajstić information content (AvgIpc) is 3.06. The highest BCUT2D eigenvalue weighted by molar-refractivity contribution is 7.99. The number of rotatable bonds is 2. The molecule has 2 aromatic rings. The molecule has 24 heavy (non-hydrogen) atoms. The van der Waals surface area contributed by atoms with Gasteiger partial charge in [0, 0.05) is 49.4 Å². The molecule has 8 heteroatoms. The van der Waals surface area contributed by atoms with Gasteiger partial charge >= 0.3 is 6.03 Å². The first-order valence-corrected chi connectivity index (χ1v) is 9.32. The van der Waals surface area contributed by atoms with Gasteiger partial charge in [0.1, 0.15) is 5.52 Å². The highest BCUT2D eigenvalue weighted by Gasteiger charge is 2.19. The fourth-order valence-electron chi connectivity index (χ4n) is 2.85. The Morgan fingerprint density at radius 2 is 1.96 bits per heavy atom. The van der Waals surface area contributed by atoms with Gasteiger partial charge < -0.3 is 24.3 Å². The third kappa shape index (κ3) is 3.29. The molecule has 2 saturated heterocycles. The second kappa shape index (κ2) is 6.90. The summed E-state index contributed by atoms with van der Waals surface area (Å²) in [6, 6.07) is 6.14. The molecule has 0 bridgehead atoms. The molecule has 2 fully saturated rings. The normalized spacial score (nSPS) is 18.8. The summed E-state index contributed by atoms with van der Waals surface area (Å²) in [4.78, 5) is 20.7. The van der Waals surface area contributed by atoms with Crippen LogP contribution in [0.25, 0.3) is 11.1 Å². The second-order valence-electron chi connectivity index (χ2n) is 5.81. The van der Waals surface area contributed by atoms with E-state index in [2.05, 4.69) is 15.2 Å². The standard InChI is InChI=1S/C16H20N4O3S/c21-15(19-5-9-24-10-6-19)17-12-1-2-13-14(11-12)23-16(18-13)20-3-7-22-8-4-20/h1-2,11H,3-10H2,(H,17,21). The number of aromatic nitrogens is 1. The lowest BCUT2D eigenvalue weighted by atomic mass is 10.3. The van der Waals surface area contributed by atoms with E-state index in [0.29, 0.717) is 24.8 Å². The fraction of sp³-hybridized carbons (Fsp3) is 0.500. The summed E-state index contributed by atoms with van der Waals surface area (Å²) < 4.78 is 11.2. The van der Waals surface area contributed by atoms with Gasteiger partial charge in [0.05, 0.1) is 13.2 Å². The van der Waals surface area contributed by atoms with Crippen molar-refractivity contribution >= 4 is 40.6 Å². The van der Waals surface area contributed by atoms with Gasteiger partial charge in [-0.3, -0.25) is 0 Å². The van der Waals surface area contributed by atoms with E-state index in [-0.39, 0.29) is 6.03 Å². The van der Waals surface area contributed by atoms with E-state index < -0.39 is 0 Å². The van der Waals surface area contributed by atoms with Gasteiger partial charge in [0.25, 0.3) is 6.01 Å². The number of thioether (sulfide) groups is 1. The number of nitrogens with zero attached hydrogens (tertiary/aromatic N) is 3. The molecule has 0 atom stereocenters. The summed E-state index contributed by atoms with van der Waals surface area (Å²) in [7, 11) is 0. The number of amides is 2. The average molecular weight is 348 g/mol. The second-order valence-corrected chi connectivity index (χ2v) is 7.03. The topological polar surface area (TPSA) is 70.8 Å². The van der Waals surface area contributed by atoms with Crippen molar-refractivity contribution in [2.75, 3.05) is 61.1 Å². The van der Waals surface area contributed by atoms with Crippen LogP contribution in [-0.2, 0) is 4.74 Å². The van der Waals surface area contributed by atoms with E-state index >= 15 is 0 Å². The number of ether oxygens (including phenoxy) is 1. The van der Waals surface area contributed by atoms with Gasteiger partial charge in [-0.1, -0.05) is 0 Å². The summed E-state index contributed by atoms with van der Waals surface area (Å²) in [5.74, 6) is 1.99. The highest BCUT2D eigenvalue weighted by atomic mass is 32.2. The number of nitrogens with one attached hydrogen (secondary N) is 1. The quantitative estimate of drug-likeness (QED) is 0.898. The summed E-state index contributed by atoms with van der Waals surface area (Å²) in [6.07, 6.45) is 0. The Balaban J connectivity index is 1.49. The number of fused-ring (bicyclic) bond motifs is 1. The first-order chi connectivity index (χ1) is 11.8. The minimum Gasteiger partial charge on any atom is -0.423 e. The fourth-order valence-corrected chi connectivity index (χ4v) is 3.75. The van der Waals surface area contributed by atoms with E-state index in [1.54, 1.807) is 0 Å². The van der Waals surface area contributed by atoms with Gasteiger partial charge in [-0.2, -0.15) is 16.7 Å². The van der Waals surface area contributed by atoms with Crippen LogP contribution in [0, 0.1) is 0 Å². The van der Waals surface area contributed by atoms with Crippen molar-refractivity contribution in [1.29, 1.82) is 0 Å². The highest BCUT2D eigenvalue weighted by Crippen LogP contribution is 2.25. The maximum Gasteiger partial charge on any atom is 0.321 e. The molecule has 7 nitrogen and oxygen atoms in total. The van der Waals surface area contributed by atoms with Crippen LogP contribution in [0.15, 0.2) is 22.6 Å². The number of morpholine rings is 1. The van der Waals surface area contributed by atoms with E-state index in [0.717, 1.165) is 48.9 Å². The number of benzene rings is 1. The lowest BCUT2D eigenvalue weighted by molar-refractivity contribution is 0.120. The van der Waals surface area contributed by atoms with Crippen molar-refractivity contribution in [2.24, 2.45) is 0 Å². The Morgan fingerprint density at radius 3 is 2.75 bits per heavy atom. The number of hydrogen-bond acceptors (Lipinski definition) is 6. The molecule has 128 valence electrons. The van der Waals surface area contributed by atoms with Gasteiger partial charge in [0.2, 0.25) is 0 Å². The SMILES string of the molecule is O=C(Nc1ccc2nc(N3CCOCC3)oc2c1)N1CCSCC1. The molecule has 1 aromatic carbocycles. The van der Waals surface area contributed by atoms with E-state index in [4.69, 9.17) is 9.15 Å². The first-order valence-electron chi connectivity index (χ1n) is 8.16. The van der Waals surface area contributed by atoms with Crippen LogP contribution in [0.5, 0.6) is 0 Å². The van der Waals surface area contributed by atoms with Crippen molar-refractivity contribution in [2.45, 2.75) is 0 Å². The van der Waals surface area contributed by atoms with Crippen LogP contribution >= 0.6 is 11.8 Å². The lowest BCUT2D eigenvalue weighted by Crippen LogP contribution is -2.40. The van der Waals surface area contributed by atoms with Gasteiger partial charge in [0.15, 0.2) is 5.58 Å². The third-order valence-corrected chi connectivity index (χ3v) is 5.15. The van der Waals surface area contributed by atoms with E-state index in [9.17, 15) is 4.79 Å². The van der Waals surface area contributed by atoms with Crippen LogP contribution in [0.2, 0.25) is 0 Å². The molecule has 1 aromatic heterocycles. The molecule has 1 N–H and O–H groups in total. The van der Waals surface area contributed by atoms with Crippen molar-refractivity contribution in [3.63, 3.8) is 0 Å². The maximum absolute atomic E-state index is 12.3. The molecule has 0 unspecified atom stereocenters. The molecular formula is C16H20N4O3S. The van der Waals surface area contributed by atoms with Crippen molar-refractivity contribution in [3.05, 3.63) is 18.2 Å². The third-order valence-electron chi connectivity index (χ3n) is 4.21. The van der Waals surface area contributed by atoms with Gasteiger partial charge in [-0.15, -0.1) is 0 Å². The summed E-state index contributed by atoms with van der Waals surface area (Å²) >= 11 is 1.88. The monoisotopic (exact) mass is 348 g/mol. The minimum absolute atomic E-state index is 0.0532. The predicted molar refractivity (Wildman–Crippen MR) is 95.0 cm³/mol. The Bertz CT molecular complexity index is 723. The Hall–Kier alpha value is -1.93. The van der Waals surface area contributed by atoms with Crippen molar-refractivity contribution in [3.8, 4) is 0 Å². The van der Waals surface area contributed by atoms with Gasteiger partial charge in [-0.05, 0) is 12.1 Å². The van der Waals surface area contributed by atoms with Gasteiger partial charge in [-0.25, -0.2) is 4.79 Å². The predicted octanol–water partition coefficient (Wildman–Crippen LogP) is 2.25. The van der Waals surface area contributed by atoms with E-state index in [1.165, 1.54) is 0 Å². The molecular weight excluding hydrogens is 328 g/mol. The molecule has 0 radical (unpaired) electrons. The lowest BCUT2D eigenvalue weighted by Gasteiger charge is -2.26. The zero-order chi connectivity index (χ0) is 16.4. The number of hydrogen-bond donors (Lipinski definition) is 1. The largest absolute Gasteiger partial charge is 0.423 e. The number of urea groups is 1. The summed E-state index contributed by atoms with van der Waals surface area (Å²) in [5.41, 5.74) is 2.21. The molecule has 3 heterocycles. The molecule has 0 aliphatic carbocycles. The number of oxazole rings is 1. The zero-order valence-electron chi connectivity index (χ0n) is 13.4. The van der Waals surface area contributed by atoms with Crippen molar-refractivity contribution < 1.29 is 13.9 Å². The molecule has 0 spiro atoms. The van der Waals surface area contributed by atoms with Crippen LogP contribution < -0.4 is 10.2 Å². The molecule has 2 amide bonds. The summed E-state index contributed by atoms with van der Waals surface area (Å²) in [6.45, 7) is 4.53. The first kappa shape index (κ1) is 15.6. The number of carbonyl (C=O) groups excluding carboxylic acids is 1. The Morgan fingerprint density at radius 1 is 1.17 bits per heavy atom. The molecule has 2 aliphatic rings. The van der Waals surface area contributed by atoms with Crippen LogP contribution in [-0.4, -0.2) is 66.8 Å². The molecule has 0 saturated carbocycles.